The third-order valence-corrected chi connectivity index (χ3v) is 2.88. The second-order valence-electron chi connectivity index (χ2n) is 4.49. The number of nitrogens with zero attached hydrogens (tertiary/aromatic N) is 1. The molecule has 0 amide bonds. The number of rotatable bonds is 6. The molecule has 4 nitrogen and oxygen atoms in total. The van der Waals surface area contributed by atoms with Crippen molar-refractivity contribution in [1.82, 2.24) is 0 Å². The molecule has 0 aromatic rings. The van der Waals surface area contributed by atoms with Crippen molar-refractivity contribution < 1.29 is 19.4 Å². The van der Waals surface area contributed by atoms with Gasteiger partial charge >= 0.3 is 5.97 Å². The van der Waals surface area contributed by atoms with Gasteiger partial charge in [0.2, 0.25) is 0 Å². The average molecular weight is 251 g/mol. The number of halogens is 1. The van der Waals surface area contributed by atoms with E-state index in [4.69, 9.17) is 16.4 Å². The molecule has 0 aliphatic rings. The van der Waals surface area contributed by atoms with Gasteiger partial charge in [-0.1, -0.05) is 6.58 Å². The van der Waals surface area contributed by atoms with Crippen molar-refractivity contribution in [3.8, 4) is 0 Å². The van der Waals surface area contributed by atoms with E-state index in [9.17, 15) is 9.90 Å². The van der Waals surface area contributed by atoms with E-state index in [0.29, 0.717) is 12.0 Å². The van der Waals surface area contributed by atoms with Crippen molar-refractivity contribution >= 4 is 17.6 Å². The number of hydrogen-bond donors (Lipinski definition) is 1. The zero-order valence-electron chi connectivity index (χ0n) is 10.4. The number of hydrogen-bond acceptors (Lipinski definition) is 3. The van der Waals surface area contributed by atoms with Crippen LogP contribution in [0.1, 0.15) is 20.3 Å². The molecule has 0 saturated carbocycles. The first-order valence-corrected chi connectivity index (χ1v) is 5.71. The third kappa shape index (κ3) is 4.96. The monoisotopic (exact) mass is 250 g/mol. The first-order valence-electron chi connectivity index (χ1n) is 5.17. The molecular formula is C11H21ClNO3+. The summed E-state index contributed by atoms with van der Waals surface area (Å²) < 4.78 is 0.0413. The van der Waals surface area contributed by atoms with Crippen LogP contribution in [0.5, 0.6) is 0 Å². The molecule has 0 bridgehead atoms. The molecule has 0 rings (SSSR count). The highest BCUT2D eigenvalue weighted by Crippen LogP contribution is 2.15. The molecule has 0 aliphatic heterocycles. The Bertz CT molecular complexity index is 266. The number of carbonyl (C=O) groups is 1. The minimum Gasteiger partial charge on any atom is -0.392 e. The van der Waals surface area contributed by atoms with Crippen LogP contribution in [0.2, 0.25) is 0 Å². The Hall–Kier alpha value is -0.580. The molecule has 0 saturated heterocycles. The molecule has 0 heterocycles. The Morgan fingerprint density at radius 2 is 2.06 bits per heavy atom. The van der Waals surface area contributed by atoms with E-state index in [-0.39, 0.29) is 16.6 Å². The second kappa shape index (κ2) is 6.23. The summed E-state index contributed by atoms with van der Waals surface area (Å²) in [6, 6.07) is -0.0444. The topological polar surface area (TPSA) is 46.5 Å². The van der Waals surface area contributed by atoms with E-state index in [2.05, 4.69) is 6.58 Å². The van der Waals surface area contributed by atoms with Crippen LogP contribution in [0, 0.1) is 0 Å². The summed E-state index contributed by atoms with van der Waals surface area (Å²) in [6.45, 7) is 7.01. The molecule has 0 fully saturated rings. The van der Waals surface area contributed by atoms with Gasteiger partial charge < -0.3 is 5.11 Å². The van der Waals surface area contributed by atoms with Gasteiger partial charge in [-0.2, -0.15) is 0 Å². The molecule has 16 heavy (non-hydrogen) atoms. The minimum absolute atomic E-state index is 0.0413. The van der Waals surface area contributed by atoms with Gasteiger partial charge in [0.25, 0.3) is 0 Å². The number of aliphatic hydroxyl groups is 1. The van der Waals surface area contributed by atoms with E-state index in [1.54, 1.807) is 21.0 Å². The van der Waals surface area contributed by atoms with Gasteiger partial charge in [-0.05, 0) is 13.8 Å². The number of quaternary nitrogens is 1. The summed E-state index contributed by atoms with van der Waals surface area (Å²) in [5.41, 5.74) is 0.358. The summed E-state index contributed by atoms with van der Waals surface area (Å²) in [6.07, 6.45) is -0.113. The largest absolute Gasteiger partial charge is 0.392 e. The van der Waals surface area contributed by atoms with Crippen LogP contribution in [0.25, 0.3) is 0 Å². The van der Waals surface area contributed by atoms with Gasteiger partial charge in [-0.15, -0.1) is 16.2 Å². The van der Waals surface area contributed by atoms with Crippen LogP contribution in [0.4, 0.5) is 0 Å². The van der Waals surface area contributed by atoms with Crippen LogP contribution in [-0.2, 0) is 9.63 Å². The van der Waals surface area contributed by atoms with Crippen molar-refractivity contribution in [2.45, 2.75) is 32.4 Å². The summed E-state index contributed by atoms with van der Waals surface area (Å²) >= 11 is 5.52. The van der Waals surface area contributed by atoms with Crippen LogP contribution in [-0.4, -0.2) is 47.8 Å². The van der Waals surface area contributed by atoms with Crippen LogP contribution in [0.3, 0.4) is 0 Å². The Morgan fingerprint density at radius 3 is 2.44 bits per heavy atom. The molecular weight excluding hydrogens is 230 g/mol. The van der Waals surface area contributed by atoms with Crippen molar-refractivity contribution in [2.75, 3.05) is 20.0 Å². The second-order valence-corrected chi connectivity index (χ2v) is 4.79. The average Bonchev–Trinajstić information content (AvgIpc) is 2.16. The first-order chi connectivity index (χ1) is 7.20. The highest BCUT2D eigenvalue weighted by atomic mass is 35.5. The first kappa shape index (κ1) is 15.4. The smallest absolute Gasteiger partial charge is 0.392 e. The SMILES string of the molecule is C=C(C)C(=O)O[N+](C)(C)C(C)CC(O)CCl. The minimum atomic E-state index is -0.586. The summed E-state index contributed by atoms with van der Waals surface area (Å²) in [4.78, 5) is 16.6. The fourth-order valence-corrected chi connectivity index (χ4v) is 1.22. The van der Waals surface area contributed by atoms with E-state index in [1.807, 2.05) is 6.92 Å². The van der Waals surface area contributed by atoms with Gasteiger partial charge in [0, 0.05) is 17.9 Å². The quantitative estimate of drug-likeness (QED) is 0.336. The van der Waals surface area contributed by atoms with E-state index in [1.165, 1.54) is 0 Å². The highest BCUT2D eigenvalue weighted by Gasteiger charge is 2.31. The fourth-order valence-electron chi connectivity index (χ4n) is 1.09. The van der Waals surface area contributed by atoms with Crippen molar-refractivity contribution in [3.63, 3.8) is 0 Å². The van der Waals surface area contributed by atoms with Gasteiger partial charge in [0.05, 0.1) is 6.10 Å². The maximum atomic E-state index is 11.4. The van der Waals surface area contributed by atoms with E-state index >= 15 is 0 Å². The molecule has 5 heteroatoms. The van der Waals surface area contributed by atoms with Crippen molar-refractivity contribution in [3.05, 3.63) is 12.2 Å². The highest BCUT2D eigenvalue weighted by molar-refractivity contribution is 6.18. The molecule has 2 atom stereocenters. The Balaban J connectivity index is 4.41. The van der Waals surface area contributed by atoms with Crippen LogP contribution < -0.4 is 0 Å². The number of carbonyl (C=O) groups excluding carboxylic acids is 1. The zero-order valence-corrected chi connectivity index (χ0v) is 11.1. The molecule has 1 N–H and O–H groups in total. The van der Waals surface area contributed by atoms with Crippen LogP contribution in [0.15, 0.2) is 12.2 Å². The summed E-state index contributed by atoms with van der Waals surface area (Å²) in [7, 11) is 3.51. The van der Waals surface area contributed by atoms with Gasteiger partial charge in [-0.3, -0.25) is 4.84 Å². The standard InChI is InChI=1S/C11H21ClNO3/c1-8(2)11(15)16-13(4,5)9(3)6-10(14)7-12/h9-10,14H,1,6-7H2,2-5H3/q+1. The molecule has 0 aromatic heterocycles. The van der Waals surface area contributed by atoms with Crippen LogP contribution >= 0.6 is 11.6 Å². The number of alkyl halides is 1. The third-order valence-electron chi connectivity index (χ3n) is 2.52. The maximum absolute atomic E-state index is 11.4. The normalized spacial score (nSPS) is 15.4. The fraction of sp³-hybridized carbons (Fsp3) is 0.727. The predicted molar refractivity (Wildman–Crippen MR) is 63.8 cm³/mol. The Labute approximate surface area is 102 Å². The van der Waals surface area contributed by atoms with E-state index < -0.39 is 12.1 Å². The predicted octanol–water partition coefficient (Wildman–Crippen LogP) is 1.48. The molecule has 0 spiro atoms. The summed E-state index contributed by atoms with van der Waals surface area (Å²) in [5.74, 6) is -0.254. The number of hydroxylamine groups is 3. The molecule has 0 aliphatic carbocycles. The number of aliphatic hydroxyl groups excluding tert-OH is 1. The lowest BCUT2D eigenvalue weighted by atomic mass is 10.1. The molecule has 94 valence electrons. The lowest BCUT2D eigenvalue weighted by Crippen LogP contribution is -2.50. The molecule has 2 unspecified atom stereocenters. The zero-order chi connectivity index (χ0) is 12.9. The Kier molecular flexibility index (Phi) is 6.00. The van der Waals surface area contributed by atoms with Crippen molar-refractivity contribution in [1.29, 1.82) is 0 Å². The molecule has 0 radical (unpaired) electrons. The summed E-state index contributed by atoms with van der Waals surface area (Å²) in [5, 5.41) is 9.43. The van der Waals surface area contributed by atoms with Gasteiger partial charge in [-0.25, -0.2) is 4.79 Å². The van der Waals surface area contributed by atoms with Gasteiger partial charge in [0.15, 0.2) is 0 Å². The lowest BCUT2D eigenvalue weighted by molar-refractivity contribution is -1.08. The Morgan fingerprint density at radius 1 is 1.56 bits per heavy atom. The maximum Gasteiger partial charge on any atom is 0.392 e. The van der Waals surface area contributed by atoms with Gasteiger partial charge in [0.1, 0.15) is 20.1 Å². The molecule has 0 aromatic carbocycles. The lowest BCUT2D eigenvalue weighted by Gasteiger charge is -2.32. The van der Waals surface area contributed by atoms with Crippen molar-refractivity contribution in [2.24, 2.45) is 0 Å². The van der Waals surface area contributed by atoms with E-state index in [0.717, 1.165) is 0 Å².